The number of nitrogens with zero attached hydrogens (tertiary/aromatic N) is 1. The molecule has 0 fully saturated rings. The van der Waals surface area contributed by atoms with Crippen molar-refractivity contribution in [1.82, 2.24) is 4.98 Å². The predicted molar refractivity (Wildman–Crippen MR) is 111 cm³/mol. The SMILES string of the molecule is Cc1ccc(C)c(NC(=O)C(C)SCc2csc(-c3ccsc3)n2)c1. The van der Waals surface area contributed by atoms with Gasteiger partial charge in [0.2, 0.25) is 5.91 Å². The summed E-state index contributed by atoms with van der Waals surface area (Å²) in [7, 11) is 0. The summed E-state index contributed by atoms with van der Waals surface area (Å²) in [6, 6.07) is 8.18. The van der Waals surface area contributed by atoms with Crippen molar-refractivity contribution in [2.75, 3.05) is 5.32 Å². The van der Waals surface area contributed by atoms with Gasteiger partial charge in [-0.1, -0.05) is 12.1 Å². The summed E-state index contributed by atoms with van der Waals surface area (Å²) < 4.78 is 0. The molecule has 6 heteroatoms. The summed E-state index contributed by atoms with van der Waals surface area (Å²) in [5, 5.41) is 10.2. The molecule has 2 heterocycles. The standard InChI is InChI=1S/C19H20N2OS3/c1-12-4-5-13(2)17(8-12)21-18(22)14(3)24-10-16-11-25-19(20-16)15-6-7-23-9-15/h4-9,11,14H,10H2,1-3H3,(H,21,22). The minimum absolute atomic E-state index is 0.0342. The number of thiazole rings is 1. The van der Waals surface area contributed by atoms with Gasteiger partial charge in [0.1, 0.15) is 5.01 Å². The van der Waals surface area contributed by atoms with E-state index in [-0.39, 0.29) is 11.2 Å². The molecule has 0 radical (unpaired) electrons. The Balaban J connectivity index is 1.56. The molecule has 130 valence electrons. The van der Waals surface area contributed by atoms with E-state index in [1.807, 2.05) is 32.9 Å². The fourth-order valence-electron chi connectivity index (χ4n) is 2.28. The van der Waals surface area contributed by atoms with Crippen LogP contribution < -0.4 is 5.32 Å². The lowest BCUT2D eigenvalue weighted by Gasteiger charge is -2.13. The monoisotopic (exact) mass is 388 g/mol. The van der Waals surface area contributed by atoms with E-state index in [1.54, 1.807) is 34.4 Å². The summed E-state index contributed by atoms with van der Waals surface area (Å²) in [6.45, 7) is 5.98. The Morgan fingerprint density at radius 1 is 1.28 bits per heavy atom. The van der Waals surface area contributed by atoms with Crippen molar-refractivity contribution in [3.63, 3.8) is 0 Å². The van der Waals surface area contributed by atoms with Gasteiger partial charge in [-0.15, -0.1) is 23.1 Å². The number of nitrogens with one attached hydrogen (secondary N) is 1. The molecule has 0 spiro atoms. The second kappa shape index (κ2) is 8.17. The van der Waals surface area contributed by atoms with E-state index in [0.717, 1.165) is 33.3 Å². The van der Waals surface area contributed by atoms with Crippen LogP contribution >= 0.6 is 34.4 Å². The number of amides is 1. The third-order valence-electron chi connectivity index (χ3n) is 3.82. The van der Waals surface area contributed by atoms with Crippen LogP contribution in [0.5, 0.6) is 0 Å². The summed E-state index contributed by atoms with van der Waals surface area (Å²) in [6.07, 6.45) is 0. The van der Waals surface area contributed by atoms with Crippen LogP contribution in [0.3, 0.4) is 0 Å². The molecule has 3 rings (SSSR count). The summed E-state index contributed by atoms with van der Waals surface area (Å²) in [5.74, 6) is 0.772. The van der Waals surface area contributed by atoms with Gasteiger partial charge in [-0.3, -0.25) is 4.79 Å². The van der Waals surface area contributed by atoms with Gasteiger partial charge in [-0.05, 0) is 49.4 Å². The molecule has 0 aliphatic rings. The summed E-state index contributed by atoms with van der Waals surface area (Å²) in [4.78, 5) is 17.1. The Labute approximate surface area is 160 Å². The molecule has 1 atom stereocenters. The van der Waals surface area contributed by atoms with Crippen molar-refractivity contribution < 1.29 is 4.79 Å². The Morgan fingerprint density at radius 3 is 2.88 bits per heavy atom. The van der Waals surface area contributed by atoms with Crippen molar-refractivity contribution in [2.24, 2.45) is 0 Å². The van der Waals surface area contributed by atoms with Gasteiger partial charge in [0.25, 0.3) is 0 Å². The van der Waals surface area contributed by atoms with Crippen LogP contribution in [-0.2, 0) is 10.5 Å². The maximum atomic E-state index is 12.4. The van der Waals surface area contributed by atoms with E-state index in [0.29, 0.717) is 0 Å². The highest BCUT2D eigenvalue weighted by molar-refractivity contribution is 7.99. The molecule has 2 aromatic heterocycles. The van der Waals surface area contributed by atoms with Gasteiger partial charge < -0.3 is 5.32 Å². The molecule has 0 aliphatic carbocycles. The van der Waals surface area contributed by atoms with Crippen LogP contribution in [0.1, 0.15) is 23.7 Å². The van der Waals surface area contributed by atoms with Crippen LogP contribution in [0.15, 0.2) is 40.4 Å². The fraction of sp³-hybridized carbons (Fsp3) is 0.263. The summed E-state index contributed by atoms with van der Waals surface area (Å²) in [5.41, 5.74) is 5.32. The third-order valence-corrected chi connectivity index (χ3v) is 6.62. The molecular formula is C19H20N2OS3. The molecular weight excluding hydrogens is 368 g/mol. The lowest BCUT2D eigenvalue weighted by molar-refractivity contribution is -0.115. The second-order valence-electron chi connectivity index (χ2n) is 5.92. The number of aryl methyl sites for hydroxylation is 2. The number of anilines is 1. The van der Waals surface area contributed by atoms with E-state index in [1.165, 1.54) is 5.56 Å². The number of hydrogen-bond donors (Lipinski definition) is 1. The minimum Gasteiger partial charge on any atom is -0.325 e. The number of hydrogen-bond acceptors (Lipinski definition) is 5. The van der Waals surface area contributed by atoms with Crippen molar-refractivity contribution in [3.05, 3.63) is 57.2 Å². The Morgan fingerprint density at radius 2 is 2.12 bits per heavy atom. The van der Waals surface area contributed by atoms with Crippen LogP contribution in [0.25, 0.3) is 10.6 Å². The number of aromatic nitrogens is 1. The zero-order valence-electron chi connectivity index (χ0n) is 14.4. The highest BCUT2D eigenvalue weighted by atomic mass is 32.2. The number of benzene rings is 1. The molecule has 1 N–H and O–H groups in total. The van der Waals surface area contributed by atoms with Gasteiger partial charge in [0, 0.05) is 27.8 Å². The first kappa shape index (κ1) is 18.2. The van der Waals surface area contributed by atoms with Gasteiger partial charge in [0.05, 0.1) is 10.9 Å². The smallest absolute Gasteiger partial charge is 0.237 e. The zero-order valence-corrected chi connectivity index (χ0v) is 16.9. The van der Waals surface area contributed by atoms with E-state index >= 15 is 0 Å². The average molecular weight is 389 g/mol. The van der Waals surface area contributed by atoms with E-state index in [4.69, 9.17) is 0 Å². The molecule has 1 amide bonds. The molecule has 0 bridgehead atoms. The summed E-state index contributed by atoms with van der Waals surface area (Å²) >= 11 is 4.94. The Kier molecular flexibility index (Phi) is 5.93. The molecule has 3 aromatic rings. The second-order valence-corrected chi connectivity index (χ2v) is 8.88. The van der Waals surface area contributed by atoms with Gasteiger partial charge in [0.15, 0.2) is 0 Å². The normalized spacial score (nSPS) is 12.1. The largest absolute Gasteiger partial charge is 0.325 e. The van der Waals surface area contributed by atoms with Crippen LogP contribution in [0, 0.1) is 13.8 Å². The fourth-order valence-corrected chi connectivity index (χ4v) is 4.70. The maximum Gasteiger partial charge on any atom is 0.237 e. The molecule has 0 aliphatic heterocycles. The topological polar surface area (TPSA) is 42.0 Å². The molecule has 0 saturated heterocycles. The van der Waals surface area contributed by atoms with E-state index in [9.17, 15) is 4.79 Å². The third kappa shape index (κ3) is 4.71. The number of carbonyl (C=O) groups is 1. The number of carbonyl (C=O) groups excluding carboxylic acids is 1. The molecule has 1 unspecified atom stereocenters. The number of rotatable bonds is 6. The van der Waals surface area contributed by atoms with Gasteiger partial charge in [-0.25, -0.2) is 4.98 Å². The predicted octanol–water partition coefficient (Wildman–Crippen LogP) is 5.75. The first-order valence-corrected chi connectivity index (χ1v) is 10.9. The first-order chi connectivity index (χ1) is 12.0. The maximum absolute atomic E-state index is 12.4. The highest BCUT2D eigenvalue weighted by Gasteiger charge is 2.15. The van der Waals surface area contributed by atoms with Gasteiger partial charge >= 0.3 is 0 Å². The molecule has 25 heavy (non-hydrogen) atoms. The van der Waals surface area contributed by atoms with Crippen molar-refractivity contribution >= 4 is 46.0 Å². The number of thiophene rings is 1. The van der Waals surface area contributed by atoms with Crippen molar-refractivity contribution in [1.29, 1.82) is 0 Å². The Bertz CT molecular complexity index is 855. The minimum atomic E-state index is -0.133. The lowest BCUT2D eigenvalue weighted by atomic mass is 10.1. The molecule has 1 aromatic carbocycles. The Hall–Kier alpha value is -1.63. The zero-order chi connectivity index (χ0) is 17.8. The molecule has 3 nitrogen and oxygen atoms in total. The van der Waals surface area contributed by atoms with Crippen LogP contribution in [0.2, 0.25) is 0 Å². The lowest BCUT2D eigenvalue weighted by Crippen LogP contribution is -2.23. The van der Waals surface area contributed by atoms with Crippen molar-refractivity contribution in [3.8, 4) is 10.6 Å². The molecule has 0 saturated carbocycles. The van der Waals surface area contributed by atoms with Crippen molar-refractivity contribution in [2.45, 2.75) is 31.8 Å². The van der Waals surface area contributed by atoms with Crippen LogP contribution in [0.4, 0.5) is 5.69 Å². The van der Waals surface area contributed by atoms with E-state index < -0.39 is 0 Å². The van der Waals surface area contributed by atoms with Gasteiger partial charge in [-0.2, -0.15) is 11.3 Å². The number of thioether (sulfide) groups is 1. The first-order valence-electron chi connectivity index (χ1n) is 7.99. The van der Waals surface area contributed by atoms with E-state index in [2.05, 4.69) is 38.6 Å². The average Bonchev–Trinajstić information content (AvgIpc) is 3.26. The quantitative estimate of drug-likeness (QED) is 0.585. The van der Waals surface area contributed by atoms with Crippen LogP contribution in [-0.4, -0.2) is 16.1 Å². The highest BCUT2D eigenvalue weighted by Crippen LogP contribution is 2.28.